The molecule has 5 N–H and O–H groups in total. The third-order valence-electron chi connectivity index (χ3n) is 3.82. The summed E-state index contributed by atoms with van der Waals surface area (Å²) >= 11 is 0. The number of hydrogen-bond donors (Lipinski definition) is 5. The third kappa shape index (κ3) is 3.73. The second kappa shape index (κ2) is 7.85. The summed E-state index contributed by atoms with van der Waals surface area (Å²) < 4.78 is 1.04. The Bertz CT molecular complexity index is 926. The van der Waals surface area contributed by atoms with E-state index in [2.05, 4.69) is 0 Å². The number of aromatic nitrogens is 1. The first kappa shape index (κ1) is 19.9. The quantitative estimate of drug-likeness (QED) is 0.402. The molecule has 27 heavy (non-hydrogen) atoms. The van der Waals surface area contributed by atoms with Gasteiger partial charge in [0.25, 0.3) is 5.91 Å². The maximum absolute atomic E-state index is 12.5. The van der Waals surface area contributed by atoms with E-state index in [1.54, 1.807) is 0 Å². The fourth-order valence-electron chi connectivity index (χ4n) is 2.71. The highest BCUT2D eigenvalue weighted by Gasteiger charge is 2.29. The molecule has 0 unspecified atom stereocenters. The van der Waals surface area contributed by atoms with Crippen molar-refractivity contribution in [3.63, 3.8) is 0 Å². The van der Waals surface area contributed by atoms with Gasteiger partial charge in [-0.25, -0.2) is 14.4 Å². The average Bonchev–Trinajstić information content (AvgIpc) is 3.02. The van der Waals surface area contributed by atoms with Crippen molar-refractivity contribution in [2.45, 2.75) is 0 Å². The van der Waals surface area contributed by atoms with Crippen LogP contribution in [0.5, 0.6) is 0 Å². The Hall–Kier alpha value is -3.44. The molecule has 0 aliphatic heterocycles. The van der Waals surface area contributed by atoms with Gasteiger partial charge < -0.3 is 34.8 Å². The lowest BCUT2D eigenvalue weighted by Crippen LogP contribution is -2.35. The van der Waals surface area contributed by atoms with Crippen molar-refractivity contribution in [3.8, 4) is 0 Å². The Morgan fingerprint density at radius 1 is 0.852 bits per heavy atom. The number of fused-ring (bicyclic) bond motifs is 1. The summed E-state index contributed by atoms with van der Waals surface area (Å²) in [7, 11) is 0. The van der Waals surface area contributed by atoms with Crippen molar-refractivity contribution in [2.75, 3.05) is 26.3 Å². The van der Waals surface area contributed by atoms with Crippen LogP contribution in [0.25, 0.3) is 5.52 Å². The van der Waals surface area contributed by atoms with Crippen molar-refractivity contribution in [2.24, 2.45) is 0 Å². The lowest BCUT2D eigenvalue weighted by molar-refractivity contribution is 0.0633. The molecular weight excluding hydrogens is 364 g/mol. The number of pyridine rings is 1. The van der Waals surface area contributed by atoms with Crippen molar-refractivity contribution in [3.05, 3.63) is 40.7 Å². The summed E-state index contributed by atoms with van der Waals surface area (Å²) in [6, 6.07) is 1.12. The van der Waals surface area contributed by atoms with Gasteiger partial charge in [-0.05, 0) is 6.07 Å². The van der Waals surface area contributed by atoms with Crippen molar-refractivity contribution < 1.29 is 44.7 Å². The molecule has 2 rings (SSSR count). The zero-order valence-corrected chi connectivity index (χ0v) is 13.8. The Kier molecular flexibility index (Phi) is 5.78. The number of rotatable bonds is 8. The lowest BCUT2D eigenvalue weighted by atomic mass is 10.0. The number of hydrogen-bond acceptors (Lipinski definition) is 6. The Morgan fingerprint density at radius 3 is 1.85 bits per heavy atom. The molecule has 0 saturated carbocycles. The number of carboxylic acids is 3. The fraction of sp³-hybridized carbons (Fsp3) is 0.250. The highest BCUT2D eigenvalue weighted by Crippen LogP contribution is 2.24. The highest BCUT2D eigenvalue weighted by atomic mass is 16.4. The standard InChI is InChI=1S/C16H16N2O9/c19-3-1-17(2-4-20)13(21)8-5-10-12(16(26)27)11(15(24)25)9(14(22)23)7-18(10)6-8/h5-7,19-20H,1-4H2,(H,22,23)(H,24,25)(H,26,27). The van der Waals surface area contributed by atoms with Crippen molar-refractivity contribution in [1.29, 1.82) is 0 Å². The molecule has 0 saturated heterocycles. The van der Waals surface area contributed by atoms with Crippen LogP contribution in [-0.4, -0.2) is 85.0 Å². The largest absolute Gasteiger partial charge is 0.478 e. The van der Waals surface area contributed by atoms with E-state index in [1.807, 2.05) is 0 Å². The van der Waals surface area contributed by atoms with E-state index in [4.69, 9.17) is 10.2 Å². The number of aromatic carboxylic acids is 3. The van der Waals surface area contributed by atoms with Crippen LogP contribution in [0, 0.1) is 0 Å². The fourth-order valence-corrected chi connectivity index (χ4v) is 2.71. The minimum absolute atomic E-state index is 0.0572. The summed E-state index contributed by atoms with van der Waals surface area (Å²) in [5.41, 5.74) is -2.65. The smallest absolute Gasteiger partial charge is 0.338 e. The summed E-state index contributed by atoms with van der Waals surface area (Å²) in [5, 5.41) is 46.0. The maximum atomic E-state index is 12.5. The van der Waals surface area contributed by atoms with E-state index in [1.165, 1.54) is 0 Å². The number of aliphatic hydroxyl groups is 2. The van der Waals surface area contributed by atoms with Crippen molar-refractivity contribution >= 4 is 29.3 Å². The number of carboxylic acid groups (broad SMARTS) is 3. The van der Waals surface area contributed by atoms with E-state index in [0.29, 0.717) is 0 Å². The van der Waals surface area contributed by atoms with Gasteiger partial charge in [0.2, 0.25) is 0 Å². The molecule has 0 spiro atoms. The minimum Gasteiger partial charge on any atom is -0.478 e. The summed E-state index contributed by atoms with van der Waals surface area (Å²) in [6.45, 7) is -0.909. The topological polar surface area (TPSA) is 177 Å². The summed E-state index contributed by atoms with van der Waals surface area (Å²) in [6.07, 6.45) is 2.07. The number of amides is 1. The van der Waals surface area contributed by atoms with Crippen LogP contribution < -0.4 is 0 Å². The zero-order chi connectivity index (χ0) is 20.3. The van der Waals surface area contributed by atoms with Gasteiger partial charge in [0.15, 0.2) is 0 Å². The zero-order valence-electron chi connectivity index (χ0n) is 13.8. The molecule has 0 fully saturated rings. The molecule has 144 valence electrons. The molecule has 0 aromatic carbocycles. The predicted octanol–water partition coefficient (Wildman–Crippen LogP) is -0.539. The Morgan fingerprint density at radius 2 is 1.41 bits per heavy atom. The highest BCUT2D eigenvalue weighted by molar-refractivity contribution is 6.13. The normalized spacial score (nSPS) is 10.7. The lowest BCUT2D eigenvalue weighted by Gasteiger charge is -2.19. The van der Waals surface area contributed by atoms with E-state index in [9.17, 15) is 34.5 Å². The predicted molar refractivity (Wildman–Crippen MR) is 88.4 cm³/mol. The second-order valence-corrected chi connectivity index (χ2v) is 5.47. The first-order chi connectivity index (χ1) is 12.7. The molecule has 0 radical (unpaired) electrons. The molecular formula is C16H16N2O9. The van der Waals surface area contributed by atoms with Crippen LogP contribution in [0.4, 0.5) is 0 Å². The van der Waals surface area contributed by atoms with E-state index in [-0.39, 0.29) is 37.4 Å². The third-order valence-corrected chi connectivity index (χ3v) is 3.82. The molecule has 2 aromatic heterocycles. The van der Waals surface area contributed by atoms with E-state index >= 15 is 0 Å². The van der Waals surface area contributed by atoms with Crippen LogP contribution >= 0.6 is 0 Å². The van der Waals surface area contributed by atoms with Crippen LogP contribution in [0.15, 0.2) is 18.5 Å². The minimum atomic E-state index is -1.73. The number of aliphatic hydroxyl groups excluding tert-OH is 2. The second-order valence-electron chi connectivity index (χ2n) is 5.47. The Labute approximate surface area is 151 Å². The van der Waals surface area contributed by atoms with Gasteiger partial charge in [-0.15, -0.1) is 0 Å². The van der Waals surface area contributed by atoms with Gasteiger partial charge in [0, 0.05) is 25.5 Å². The van der Waals surface area contributed by atoms with Crippen LogP contribution in [0.3, 0.4) is 0 Å². The summed E-state index contributed by atoms with van der Waals surface area (Å²) in [4.78, 5) is 48.1. The molecule has 11 heteroatoms. The number of carbonyl (C=O) groups excluding carboxylic acids is 1. The first-order valence-corrected chi connectivity index (χ1v) is 7.62. The van der Waals surface area contributed by atoms with Gasteiger partial charge in [0.1, 0.15) is 0 Å². The van der Waals surface area contributed by atoms with Crippen LogP contribution in [0.2, 0.25) is 0 Å². The molecule has 2 aromatic rings. The molecule has 0 bridgehead atoms. The molecule has 0 aliphatic rings. The first-order valence-electron chi connectivity index (χ1n) is 7.62. The van der Waals surface area contributed by atoms with Gasteiger partial charge >= 0.3 is 17.9 Å². The Balaban J connectivity index is 2.73. The van der Waals surface area contributed by atoms with Gasteiger partial charge in [-0.1, -0.05) is 0 Å². The van der Waals surface area contributed by atoms with Crippen molar-refractivity contribution in [1.82, 2.24) is 9.30 Å². The molecule has 2 heterocycles. The van der Waals surface area contributed by atoms with Crippen LogP contribution in [-0.2, 0) is 0 Å². The number of nitrogens with zero attached hydrogens (tertiary/aromatic N) is 2. The molecule has 0 atom stereocenters. The number of carbonyl (C=O) groups is 4. The van der Waals surface area contributed by atoms with Gasteiger partial charge in [-0.2, -0.15) is 0 Å². The van der Waals surface area contributed by atoms with Crippen LogP contribution in [0.1, 0.15) is 41.4 Å². The van der Waals surface area contributed by atoms with Gasteiger partial charge in [0.05, 0.1) is 41.0 Å². The van der Waals surface area contributed by atoms with Gasteiger partial charge in [-0.3, -0.25) is 4.79 Å². The SMILES string of the molecule is O=C(O)c1cn2cc(C(=O)N(CCO)CCO)cc2c(C(=O)O)c1C(=O)O. The monoisotopic (exact) mass is 380 g/mol. The maximum Gasteiger partial charge on any atom is 0.338 e. The van der Waals surface area contributed by atoms with E-state index in [0.717, 1.165) is 27.8 Å². The molecule has 0 aliphatic carbocycles. The average molecular weight is 380 g/mol. The van der Waals surface area contributed by atoms with E-state index < -0.39 is 40.5 Å². The molecule has 11 nitrogen and oxygen atoms in total. The summed E-state index contributed by atoms with van der Waals surface area (Å²) in [5.74, 6) is -5.68. The molecule has 1 amide bonds.